The summed E-state index contributed by atoms with van der Waals surface area (Å²) in [5, 5.41) is 4.61. The van der Waals surface area contributed by atoms with Gasteiger partial charge in [0.25, 0.3) is 0 Å². The number of anilines is 2. The van der Waals surface area contributed by atoms with Gasteiger partial charge in [-0.15, -0.1) is 0 Å². The van der Waals surface area contributed by atoms with Crippen LogP contribution in [-0.2, 0) is 0 Å². The highest BCUT2D eigenvalue weighted by Gasteiger charge is 2.10. The van der Waals surface area contributed by atoms with Crippen LogP contribution in [0.3, 0.4) is 0 Å². The van der Waals surface area contributed by atoms with Crippen LogP contribution in [0.1, 0.15) is 11.1 Å². The van der Waals surface area contributed by atoms with E-state index >= 15 is 0 Å². The fourth-order valence-electron chi connectivity index (χ4n) is 2.47. The number of fused-ring (bicyclic) bond motifs is 1. The number of aryl methyl sites for hydroxylation is 2. The molecule has 2 aromatic carbocycles. The maximum Gasteiger partial charge on any atom is 0.145 e. The second kappa shape index (κ2) is 5.44. The van der Waals surface area contributed by atoms with Gasteiger partial charge in [-0.3, -0.25) is 4.98 Å². The van der Waals surface area contributed by atoms with Gasteiger partial charge in [-0.05, 0) is 37.1 Å². The molecule has 0 aliphatic heterocycles. The Bertz CT molecular complexity index is 796. The number of ether oxygens (including phenoxy) is 1. The highest BCUT2D eigenvalue weighted by atomic mass is 16.5. The van der Waals surface area contributed by atoms with E-state index in [2.05, 4.69) is 42.3 Å². The molecule has 3 aromatic rings. The minimum atomic E-state index is 0.792. The summed E-state index contributed by atoms with van der Waals surface area (Å²) >= 11 is 0. The molecular formula is C18H18N2O. The molecule has 21 heavy (non-hydrogen) atoms. The van der Waals surface area contributed by atoms with Crippen LogP contribution in [0.2, 0.25) is 0 Å². The van der Waals surface area contributed by atoms with E-state index in [1.54, 1.807) is 7.11 Å². The van der Waals surface area contributed by atoms with E-state index in [1.165, 1.54) is 5.56 Å². The molecular weight excluding hydrogens is 260 g/mol. The van der Waals surface area contributed by atoms with Gasteiger partial charge in [-0.2, -0.15) is 0 Å². The van der Waals surface area contributed by atoms with Crippen LogP contribution in [0.4, 0.5) is 11.4 Å². The molecule has 3 nitrogen and oxygen atoms in total. The molecule has 0 aliphatic rings. The first-order valence-electron chi connectivity index (χ1n) is 6.95. The molecule has 0 spiro atoms. The fraction of sp³-hybridized carbons (Fsp3) is 0.167. The molecule has 1 N–H and O–H groups in total. The van der Waals surface area contributed by atoms with Gasteiger partial charge in [-0.1, -0.05) is 30.3 Å². The van der Waals surface area contributed by atoms with E-state index in [1.807, 2.05) is 30.5 Å². The standard InChI is InChI=1S/C18H18N2O/c1-12-7-4-5-9-15(12)20-17-13(2)11-19-18-14(17)8-6-10-16(18)21-3/h4-11H,1-3H3,(H,19,20). The predicted molar refractivity (Wildman–Crippen MR) is 87.5 cm³/mol. The molecule has 0 atom stereocenters. The number of pyridine rings is 1. The third kappa shape index (κ3) is 2.42. The molecule has 0 saturated carbocycles. The molecule has 1 heterocycles. The number of para-hydroxylation sites is 2. The number of benzene rings is 2. The van der Waals surface area contributed by atoms with Crippen molar-refractivity contribution in [3.63, 3.8) is 0 Å². The molecule has 0 radical (unpaired) electrons. The SMILES string of the molecule is COc1cccc2c(Nc3ccccc3C)c(C)cnc12. The molecule has 106 valence electrons. The van der Waals surface area contributed by atoms with E-state index in [0.29, 0.717) is 0 Å². The number of methoxy groups -OCH3 is 1. The Morgan fingerprint density at radius 2 is 1.76 bits per heavy atom. The van der Waals surface area contributed by atoms with Gasteiger partial charge < -0.3 is 10.1 Å². The van der Waals surface area contributed by atoms with Gasteiger partial charge in [0, 0.05) is 17.3 Å². The highest BCUT2D eigenvalue weighted by Crippen LogP contribution is 2.33. The molecule has 1 aromatic heterocycles. The predicted octanol–water partition coefficient (Wildman–Crippen LogP) is 4.60. The zero-order valence-corrected chi connectivity index (χ0v) is 12.5. The average Bonchev–Trinajstić information content (AvgIpc) is 2.51. The Kier molecular flexibility index (Phi) is 3.48. The van der Waals surface area contributed by atoms with Crippen molar-refractivity contribution >= 4 is 22.3 Å². The van der Waals surface area contributed by atoms with Crippen LogP contribution in [0.5, 0.6) is 5.75 Å². The summed E-state index contributed by atoms with van der Waals surface area (Å²) < 4.78 is 5.41. The monoisotopic (exact) mass is 278 g/mol. The van der Waals surface area contributed by atoms with Gasteiger partial charge in [0.2, 0.25) is 0 Å². The molecule has 0 amide bonds. The van der Waals surface area contributed by atoms with E-state index in [-0.39, 0.29) is 0 Å². The maximum absolute atomic E-state index is 5.41. The van der Waals surface area contributed by atoms with Gasteiger partial charge in [0.1, 0.15) is 11.3 Å². The molecule has 0 saturated heterocycles. The lowest BCUT2D eigenvalue weighted by molar-refractivity contribution is 0.419. The average molecular weight is 278 g/mol. The molecule has 0 unspecified atom stereocenters. The number of rotatable bonds is 3. The summed E-state index contributed by atoms with van der Waals surface area (Å²) in [6.07, 6.45) is 1.88. The van der Waals surface area contributed by atoms with Crippen molar-refractivity contribution in [2.45, 2.75) is 13.8 Å². The fourth-order valence-corrected chi connectivity index (χ4v) is 2.47. The first kappa shape index (κ1) is 13.4. The van der Waals surface area contributed by atoms with Crippen LogP contribution in [-0.4, -0.2) is 12.1 Å². The van der Waals surface area contributed by atoms with E-state index in [4.69, 9.17) is 4.74 Å². The van der Waals surface area contributed by atoms with Crippen LogP contribution in [0.25, 0.3) is 10.9 Å². The van der Waals surface area contributed by atoms with Crippen molar-refractivity contribution in [3.05, 3.63) is 59.8 Å². The number of aromatic nitrogens is 1. The maximum atomic E-state index is 5.41. The van der Waals surface area contributed by atoms with Gasteiger partial charge in [0.15, 0.2) is 0 Å². The first-order chi connectivity index (χ1) is 10.2. The smallest absolute Gasteiger partial charge is 0.145 e. The zero-order valence-electron chi connectivity index (χ0n) is 12.5. The Morgan fingerprint density at radius 1 is 0.952 bits per heavy atom. The Balaban J connectivity index is 2.18. The molecule has 0 bridgehead atoms. The minimum absolute atomic E-state index is 0.792. The summed E-state index contributed by atoms with van der Waals surface area (Å²) in [6, 6.07) is 14.3. The molecule has 0 aliphatic carbocycles. The van der Waals surface area contributed by atoms with E-state index < -0.39 is 0 Å². The van der Waals surface area contributed by atoms with Gasteiger partial charge in [0.05, 0.1) is 12.8 Å². The largest absolute Gasteiger partial charge is 0.494 e. The van der Waals surface area contributed by atoms with Crippen LogP contribution < -0.4 is 10.1 Å². The third-order valence-corrected chi connectivity index (χ3v) is 3.67. The van der Waals surface area contributed by atoms with Crippen LogP contribution in [0.15, 0.2) is 48.7 Å². The summed E-state index contributed by atoms with van der Waals surface area (Å²) in [7, 11) is 1.67. The summed E-state index contributed by atoms with van der Waals surface area (Å²) in [4.78, 5) is 4.51. The number of hydrogen-bond acceptors (Lipinski definition) is 3. The van der Waals surface area contributed by atoms with Crippen molar-refractivity contribution in [3.8, 4) is 5.75 Å². The Hall–Kier alpha value is -2.55. The Labute approximate surface area is 124 Å². The lowest BCUT2D eigenvalue weighted by atomic mass is 10.1. The summed E-state index contributed by atoms with van der Waals surface area (Å²) in [5.41, 5.74) is 5.38. The van der Waals surface area contributed by atoms with Crippen molar-refractivity contribution in [1.29, 1.82) is 0 Å². The number of nitrogens with zero attached hydrogens (tertiary/aromatic N) is 1. The minimum Gasteiger partial charge on any atom is -0.494 e. The van der Waals surface area contributed by atoms with Crippen LogP contribution in [0, 0.1) is 13.8 Å². The zero-order chi connectivity index (χ0) is 14.8. The topological polar surface area (TPSA) is 34.1 Å². The van der Waals surface area contributed by atoms with E-state index in [0.717, 1.165) is 33.6 Å². The molecule has 3 rings (SSSR count). The quantitative estimate of drug-likeness (QED) is 0.760. The third-order valence-electron chi connectivity index (χ3n) is 3.67. The van der Waals surface area contributed by atoms with Crippen molar-refractivity contribution < 1.29 is 4.74 Å². The Morgan fingerprint density at radius 3 is 2.52 bits per heavy atom. The lowest BCUT2D eigenvalue weighted by Crippen LogP contribution is -1.98. The molecule has 3 heteroatoms. The first-order valence-corrected chi connectivity index (χ1v) is 6.95. The van der Waals surface area contributed by atoms with Gasteiger partial charge in [-0.25, -0.2) is 0 Å². The van der Waals surface area contributed by atoms with Crippen molar-refractivity contribution in [1.82, 2.24) is 4.98 Å². The number of nitrogens with one attached hydrogen (secondary N) is 1. The summed E-state index contributed by atoms with van der Waals surface area (Å²) in [5.74, 6) is 0.792. The number of hydrogen-bond donors (Lipinski definition) is 1. The highest BCUT2D eigenvalue weighted by molar-refractivity contribution is 5.97. The normalized spacial score (nSPS) is 10.6. The second-order valence-corrected chi connectivity index (χ2v) is 5.11. The van der Waals surface area contributed by atoms with Crippen LogP contribution >= 0.6 is 0 Å². The summed E-state index contributed by atoms with van der Waals surface area (Å²) in [6.45, 7) is 4.16. The lowest BCUT2D eigenvalue weighted by Gasteiger charge is -2.15. The molecule has 0 fully saturated rings. The van der Waals surface area contributed by atoms with E-state index in [9.17, 15) is 0 Å². The van der Waals surface area contributed by atoms with Crippen molar-refractivity contribution in [2.75, 3.05) is 12.4 Å². The second-order valence-electron chi connectivity index (χ2n) is 5.11. The van der Waals surface area contributed by atoms with Crippen molar-refractivity contribution in [2.24, 2.45) is 0 Å². The van der Waals surface area contributed by atoms with Gasteiger partial charge >= 0.3 is 0 Å².